The van der Waals surface area contributed by atoms with Crippen LogP contribution in [0.2, 0.25) is 0 Å². The van der Waals surface area contributed by atoms with E-state index < -0.39 is 12.1 Å². The third-order valence-electron chi connectivity index (χ3n) is 3.65. The van der Waals surface area contributed by atoms with E-state index in [1.54, 1.807) is 0 Å². The first-order valence-electron chi connectivity index (χ1n) is 8.30. The number of ether oxygens (including phenoxy) is 2. The number of rotatable bonds is 5. The highest BCUT2D eigenvalue weighted by Crippen LogP contribution is 2.17. The minimum Gasteiger partial charge on any atom is -0.442 e. The van der Waals surface area contributed by atoms with E-state index in [4.69, 9.17) is 9.47 Å². The van der Waals surface area contributed by atoms with Gasteiger partial charge in [0.1, 0.15) is 6.61 Å². The molecule has 1 aliphatic carbocycles. The molecule has 0 aromatic heterocycles. The zero-order valence-electron chi connectivity index (χ0n) is 14.4. The van der Waals surface area contributed by atoms with Crippen LogP contribution in [0, 0.1) is 23.7 Å². The van der Waals surface area contributed by atoms with E-state index in [0.29, 0.717) is 5.57 Å². The van der Waals surface area contributed by atoms with Gasteiger partial charge in [0.25, 0.3) is 0 Å². The van der Waals surface area contributed by atoms with Crippen molar-refractivity contribution in [3.8, 4) is 23.7 Å². The third kappa shape index (κ3) is 6.12. The quantitative estimate of drug-likeness (QED) is 0.662. The largest absolute Gasteiger partial charge is 0.442 e. The second kappa shape index (κ2) is 10.4. The van der Waals surface area contributed by atoms with Crippen LogP contribution in [0.3, 0.4) is 0 Å². The van der Waals surface area contributed by atoms with Crippen molar-refractivity contribution in [2.24, 2.45) is 0 Å². The molecule has 1 unspecified atom stereocenters. The first-order valence-corrected chi connectivity index (χ1v) is 8.30. The fourth-order valence-electron chi connectivity index (χ4n) is 2.37. The summed E-state index contributed by atoms with van der Waals surface area (Å²) in [7, 11) is 1.44. The number of hydrogen-bond acceptors (Lipinski definition) is 4. The van der Waals surface area contributed by atoms with Crippen LogP contribution in [-0.4, -0.2) is 30.9 Å². The van der Waals surface area contributed by atoms with E-state index in [-0.39, 0.29) is 13.2 Å². The summed E-state index contributed by atoms with van der Waals surface area (Å²) in [5.41, 5.74) is 2.23. The van der Waals surface area contributed by atoms with Gasteiger partial charge in [-0.1, -0.05) is 47.9 Å². The Balaban J connectivity index is 2.40. The van der Waals surface area contributed by atoms with Crippen LogP contribution in [0.4, 0.5) is 0 Å². The minimum absolute atomic E-state index is 0.0762. The predicted octanol–water partition coefficient (Wildman–Crippen LogP) is 2.70. The average Bonchev–Trinajstić information content (AvgIpc) is 2.62. The van der Waals surface area contributed by atoms with Crippen molar-refractivity contribution in [2.45, 2.75) is 38.4 Å². The lowest BCUT2D eigenvalue weighted by Gasteiger charge is -2.14. The van der Waals surface area contributed by atoms with Gasteiger partial charge in [-0.05, 0) is 30.0 Å². The van der Waals surface area contributed by atoms with Crippen molar-refractivity contribution in [3.05, 3.63) is 41.0 Å². The van der Waals surface area contributed by atoms with E-state index in [2.05, 4.69) is 23.7 Å². The predicted molar refractivity (Wildman–Crippen MR) is 96.1 cm³/mol. The molecule has 0 saturated carbocycles. The lowest BCUT2D eigenvalue weighted by Crippen LogP contribution is -2.21. The molecule has 1 aromatic rings. The summed E-state index contributed by atoms with van der Waals surface area (Å²) in [6, 6.07) is 7.48. The number of aliphatic hydroxyl groups excluding tert-OH is 1. The van der Waals surface area contributed by atoms with Gasteiger partial charge in [-0.25, -0.2) is 4.79 Å². The van der Waals surface area contributed by atoms with Crippen LogP contribution in [0.1, 0.15) is 36.8 Å². The molecule has 1 aliphatic rings. The van der Waals surface area contributed by atoms with Gasteiger partial charge in [-0.3, -0.25) is 0 Å². The van der Waals surface area contributed by atoms with E-state index in [1.807, 2.05) is 30.3 Å². The van der Waals surface area contributed by atoms with Crippen molar-refractivity contribution in [1.29, 1.82) is 0 Å². The maximum Gasteiger partial charge on any atom is 0.333 e. The molecular formula is C21H22O4. The van der Waals surface area contributed by atoms with E-state index in [1.165, 1.54) is 7.11 Å². The standard InChI is InChI=1S/C21H22O4/c1-24-16-21(23)25-20-13-7-5-3-2-4-6-11-18(20)14-17-10-8-9-12-19(17)15-22/h8-10,12,14,20,22H,2-5,15-16H2,1H3. The molecule has 25 heavy (non-hydrogen) atoms. The van der Waals surface area contributed by atoms with E-state index in [9.17, 15) is 9.90 Å². The van der Waals surface area contributed by atoms with E-state index in [0.717, 1.165) is 36.8 Å². The Hall–Kier alpha value is -2.53. The van der Waals surface area contributed by atoms with Crippen LogP contribution in [0.25, 0.3) is 6.08 Å². The number of hydrogen-bond donors (Lipinski definition) is 1. The fraction of sp³-hybridized carbons (Fsp3) is 0.381. The third-order valence-corrected chi connectivity index (χ3v) is 3.65. The van der Waals surface area contributed by atoms with Gasteiger partial charge < -0.3 is 14.6 Å². The van der Waals surface area contributed by atoms with Crippen molar-refractivity contribution >= 4 is 12.0 Å². The summed E-state index contributed by atoms with van der Waals surface area (Å²) in [5, 5.41) is 9.52. The lowest BCUT2D eigenvalue weighted by atomic mass is 10.0. The van der Waals surface area contributed by atoms with Crippen LogP contribution >= 0.6 is 0 Å². The molecule has 0 saturated heterocycles. The Bertz CT molecular complexity index is 740. The molecule has 0 radical (unpaired) electrons. The molecule has 0 amide bonds. The number of carbonyl (C=O) groups excluding carboxylic acids is 1. The highest BCUT2D eigenvalue weighted by molar-refractivity contribution is 5.73. The van der Waals surface area contributed by atoms with Crippen molar-refractivity contribution in [3.63, 3.8) is 0 Å². The van der Waals surface area contributed by atoms with Gasteiger partial charge in [0, 0.05) is 20.0 Å². The second-order valence-corrected chi connectivity index (χ2v) is 5.59. The number of esters is 1. The number of methoxy groups -OCH3 is 1. The van der Waals surface area contributed by atoms with Gasteiger partial charge in [0.2, 0.25) is 0 Å². The Labute approximate surface area is 148 Å². The molecule has 130 valence electrons. The molecule has 4 heteroatoms. The first-order chi connectivity index (χ1) is 12.2. The molecular weight excluding hydrogens is 316 g/mol. The van der Waals surface area contributed by atoms with Gasteiger partial charge in [-0.15, -0.1) is 0 Å². The van der Waals surface area contributed by atoms with Gasteiger partial charge in [-0.2, -0.15) is 0 Å². The van der Waals surface area contributed by atoms with E-state index >= 15 is 0 Å². The van der Waals surface area contributed by atoms with Crippen LogP contribution in [0.15, 0.2) is 29.8 Å². The minimum atomic E-state index is -0.736. The Kier molecular flexibility index (Phi) is 7.79. The number of benzene rings is 1. The van der Waals surface area contributed by atoms with Gasteiger partial charge in [0.05, 0.1) is 12.2 Å². The summed E-state index contributed by atoms with van der Waals surface area (Å²) in [6.07, 6.45) is 4.60. The number of carbonyl (C=O) groups is 1. The molecule has 0 aliphatic heterocycles. The van der Waals surface area contributed by atoms with Gasteiger partial charge in [0.15, 0.2) is 6.10 Å². The monoisotopic (exact) mass is 338 g/mol. The summed E-state index contributed by atoms with van der Waals surface area (Å²) >= 11 is 0. The average molecular weight is 338 g/mol. The molecule has 0 spiro atoms. The second-order valence-electron chi connectivity index (χ2n) is 5.59. The molecule has 0 bridgehead atoms. The van der Waals surface area contributed by atoms with Crippen molar-refractivity contribution < 1.29 is 19.4 Å². The molecule has 1 atom stereocenters. The van der Waals surface area contributed by atoms with Crippen molar-refractivity contribution in [2.75, 3.05) is 13.7 Å². The highest BCUT2D eigenvalue weighted by Gasteiger charge is 2.17. The van der Waals surface area contributed by atoms with Crippen molar-refractivity contribution in [1.82, 2.24) is 0 Å². The van der Waals surface area contributed by atoms with Crippen LogP contribution in [-0.2, 0) is 20.9 Å². The Morgan fingerprint density at radius 1 is 1.28 bits per heavy atom. The number of aliphatic hydroxyl groups is 1. The summed E-state index contributed by atoms with van der Waals surface area (Å²) in [6.45, 7) is -0.209. The molecule has 1 aromatic carbocycles. The summed E-state index contributed by atoms with van der Waals surface area (Å²) in [5.74, 6) is 11.8. The molecule has 4 nitrogen and oxygen atoms in total. The Morgan fingerprint density at radius 2 is 2.04 bits per heavy atom. The molecule has 0 fully saturated rings. The Morgan fingerprint density at radius 3 is 2.80 bits per heavy atom. The maximum atomic E-state index is 11.9. The highest BCUT2D eigenvalue weighted by atomic mass is 16.6. The fourth-order valence-corrected chi connectivity index (χ4v) is 2.37. The van der Waals surface area contributed by atoms with Gasteiger partial charge >= 0.3 is 5.97 Å². The lowest BCUT2D eigenvalue weighted by molar-refractivity contribution is -0.149. The van der Waals surface area contributed by atoms with Crippen LogP contribution in [0.5, 0.6) is 0 Å². The SMILES string of the molecule is COCC(=O)OC1C#CCCCCC#CC1=Cc1ccccc1CO. The first kappa shape index (κ1) is 18.8. The molecule has 0 heterocycles. The summed E-state index contributed by atoms with van der Waals surface area (Å²) in [4.78, 5) is 11.9. The summed E-state index contributed by atoms with van der Waals surface area (Å²) < 4.78 is 10.3. The zero-order valence-corrected chi connectivity index (χ0v) is 14.4. The molecule has 1 N–H and O–H groups in total. The smallest absolute Gasteiger partial charge is 0.333 e. The van der Waals surface area contributed by atoms with Crippen LogP contribution < -0.4 is 0 Å². The maximum absolute atomic E-state index is 11.9. The zero-order chi connectivity index (χ0) is 17.9. The topological polar surface area (TPSA) is 55.8 Å². The molecule has 2 rings (SSSR count). The normalized spacial score (nSPS) is 18.5.